The number of allylic oxidation sites excluding steroid dienone is 1. The highest BCUT2D eigenvalue weighted by Gasteiger charge is 2.06. The lowest BCUT2D eigenvalue weighted by Gasteiger charge is -2.11. The van der Waals surface area contributed by atoms with Crippen LogP contribution >= 0.6 is 0 Å². The van der Waals surface area contributed by atoms with Crippen molar-refractivity contribution in [2.75, 3.05) is 7.11 Å². The van der Waals surface area contributed by atoms with Gasteiger partial charge < -0.3 is 9.47 Å². The SMILES string of the molecule is COc1ccc(/C=C/C(=O)c2ccc(F)cc2)cc1COc1ccc(C)cc1. The topological polar surface area (TPSA) is 35.5 Å². The lowest BCUT2D eigenvalue weighted by atomic mass is 10.1. The zero-order chi connectivity index (χ0) is 19.9. The molecule has 0 aliphatic carbocycles. The van der Waals surface area contributed by atoms with Gasteiger partial charge in [-0.3, -0.25) is 4.79 Å². The number of aryl methyl sites for hydroxylation is 1. The van der Waals surface area contributed by atoms with Crippen molar-refractivity contribution in [1.82, 2.24) is 0 Å². The third-order valence-electron chi connectivity index (χ3n) is 4.28. The Bertz CT molecular complexity index is 974. The van der Waals surface area contributed by atoms with Gasteiger partial charge in [0.1, 0.15) is 23.9 Å². The Morgan fingerprint density at radius 2 is 1.71 bits per heavy atom. The zero-order valence-corrected chi connectivity index (χ0v) is 15.8. The molecule has 4 heteroatoms. The Kier molecular flexibility index (Phi) is 6.22. The molecule has 0 N–H and O–H groups in total. The predicted octanol–water partition coefficient (Wildman–Crippen LogP) is 5.62. The van der Waals surface area contributed by atoms with Crippen LogP contribution in [0.2, 0.25) is 0 Å². The maximum Gasteiger partial charge on any atom is 0.185 e. The number of ketones is 1. The summed E-state index contributed by atoms with van der Waals surface area (Å²) in [5, 5.41) is 0. The van der Waals surface area contributed by atoms with Gasteiger partial charge in [0.25, 0.3) is 0 Å². The largest absolute Gasteiger partial charge is 0.496 e. The number of ether oxygens (including phenoxy) is 2. The smallest absolute Gasteiger partial charge is 0.185 e. The van der Waals surface area contributed by atoms with E-state index in [2.05, 4.69) is 0 Å². The van der Waals surface area contributed by atoms with Gasteiger partial charge in [0, 0.05) is 11.1 Å². The van der Waals surface area contributed by atoms with E-state index in [-0.39, 0.29) is 11.6 Å². The summed E-state index contributed by atoms with van der Waals surface area (Å²) in [7, 11) is 1.61. The first-order valence-electron chi connectivity index (χ1n) is 8.89. The molecule has 3 aromatic rings. The maximum atomic E-state index is 13.0. The second kappa shape index (κ2) is 9.00. The minimum Gasteiger partial charge on any atom is -0.496 e. The number of methoxy groups -OCH3 is 1. The molecular formula is C24H21FO3. The Labute approximate surface area is 164 Å². The quantitative estimate of drug-likeness (QED) is 0.397. The molecule has 0 fully saturated rings. The van der Waals surface area contributed by atoms with Gasteiger partial charge >= 0.3 is 0 Å². The third-order valence-corrected chi connectivity index (χ3v) is 4.28. The van der Waals surface area contributed by atoms with Gasteiger partial charge in [-0.25, -0.2) is 4.39 Å². The zero-order valence-electron chi connectivity index (χ0n) is 15.8. The molecule has 0 bridgehead atoms. The highest BCUT2D eigenvalue weighted by Crippen LogP contribution is 2.23. The third kappa shape index (κ3) is 5.07. The average Bonchev–Trinajstić information content (AvgIpc) is 2.72. The molecule has 0 spiro atoms. The van der Waals surface area contributed by atoms with E-state index in [1.807, 2.05) is 49.4 Å². The highest BCUT2D eigenvalue weighted by atomic mass is 19.1. The standard InChI is InChI=1S/C24H21FO3/c1-17-3-11-22(12-4-17)28-16-20-15-18(6-14-24(20)27-2)5-13-23(26)19-7-9-21(25)10-8-19/h3-15H,16H2,1-2H3/b13-5+. The molecule has 0 aliphatic rings. The summed E-state index contributed by atoms with van der Waals surface area (Å²) in [4.78, 5) is 12.2. The van der Waals surface area contributed by atoms with Crippen LogP contribution in [0.1, 0.15) is 27.0 Å². The fraction of sp³-hybridized carbons (Fsp3) is 0.125. The van der Waals surface area contributed by atoms with Gasteiger partial charge in [-0.05, 0) is 67.1 Å². The first kappa shape index (κ1) is 19.4. The van der Waals surface area contributed by atoms with Crippen LogP contribution in [0.5, 0.6) is 11.5 Å². The summed E-state index contributed by atoms with van der Waals surface area (Å²) in [6.07, 6.45) is 3.19. The second-order valence-electron chi connectivity index (χ2n) is 6.38. The van der Waals surface area contributed by atoms with Crippen molar-refractivity contribution in [1.29, 1.82) is 0 Å². The number of hydrogen-bond acceptors (Lipinski definition) is 3. The lowest BCUT2D eigenvalue weighted by Crippen LogP contribution is -1.99. The molecule has 3 nitrogen and oxygen atoms in total. The van der Waals surface area contributed by atoms with E-state index in [1.165, 1.54) is 35.9 Å². The van der Waals surface area contributed by atoms with Crippen LogP contribution < -0.4 is 9.47 Å². The minimum absolute atomic E-state index is 0.187. The van der Waals surface area contributed by atoms with E-state index in [1.54, 1.807) is 13.2 Å². The van der Waals surface area contributed by atoms with E-state index in [0.29, 0.717) is 17.9 Å². The second-order valence-corrected chi connectivity index (χ2v) is 6.38. The summed E-state index contributed by atoms with van der Waals surface area (Å²) < 4.78 is 24.2. The monoisotopic (exact) mass is 376 g/mol. The molecule has 0 saturated heterocycles. The lowest BCUT2D eigenvalue weighted by molar-refractivity contribution is 0.104. The number of rotatable bonds is 7. The van der Waals surface area contributed by atoms with Crippen molar-refractivity contribution in [3.63, 3.8) is 0 Å². The van der Waals surface area contributed by atoms with Crippen LogP contribution in [-0.2, 0) is 6.61 Å². The molecule has 0 heterocycles. The summed E-state index contributed by atoms with van der Waals surface area (Å²) in [6.45, 7) is 2.37. The summed E-state index contributed by atoms with van der Waals surface area (Å²) >= 11 is 0. The number of carbonyl (C=O) groups excluding carboxylic acids is 1. The van der Waals surface area contributed by atoms with E-state index in [4.69, 9.17) is 9.47 Å². The molecule has 0 amide bonds. The Balaban J connectivity index is 1.73. The molecule has 0 aliphatic heterocycles. The van der Waals surface area contributed by atoms with Crippen molar-refractivity contribution in [2.24, 2.45) is 0 Å². The number of benzene rings is 3. The van der Waals surface area contributed by atoms with Crippen molar-refractivity contribution in [3.8, 4) is 11.5 Å². The number of hydrogen-bond donors (Lipinski definition) is 0. The van der Waals surface area contributed by atoms with Crippen molar-refractivity contribution >= 4 is 11.9 Å². The van der Waals surface area contributed by atoms with Gasteiger partial charge in [0.05, 0.1) is 7.11 Å². The molecule has 3 aromatic carbocycles. The van der Waals surface area contributed by atoms with Crippen LogP contribution in [0.25, 0.3) is 6.08 Å². The fourth-order valence-corrected chi connectivity index (χ4v) is 2.69. The Hall–Kier alpha value is -3.40. The molecule has 0 saturated carbocycles. The van der Waals surface area contributed by atoms with Crippen molar-refractivity contribution in [2.45, 2.75) is 13.5 Å². The van der Waals surface area contributed by atoms with Crippen LogP contribution in [0, 0.1) is 12.7 Å². The van der Waals surface area contributed by atoms with Gasteiger partial charge in [-0.1, -0.05) is 29.8 Å². The van der Waals surface area contributed by atoms with Gasteiger partial charge in [0.2, 0.25) is 0 Å². The van der Waals surface area contributed by atoms with Gasteiger partial charge in [-0.2, -0.15) is 0 Å². The number of carbonyl (C=O) groups is 1. The minimum atomic E-state index is -0.367. The Morgan fingerprint density at radius 3 is 2.39 bits per heavy atom. The van der Waals surface area contributed by atoms with E-state index < -0.39 is 0 Å². The fourth-order valence-electron chi connectivity index (χ4n) is 2.69. The van der Waals surface area contributed by atoms with Crippen LogP contribution in [0.4, 0.5) is 4.39 Å². The van der Waals surface area contributed by atoms with Crippen molar-refractivity contribution < 1.29 is 18.7 Å². The van der Waals surface area contributed by atoms with Gasteiger partial charge in [0.15, 0.2) is 5.78 Å². The average molecular weight is 376 g/mol. The molecular weight excluding hydrogens is 355 g/mol. The first-order valence-corrected chi connectivity index (χ1v) is 8.89. The predicted molar refractivity (Wildman–Crippen MR) is 108 cm³/mol. The summed E-state index contributed by atoms with van der Waals surface area (Å²) in [5.41, 5.74) is 3.33. The van der Waals surface area contributed by atoms with Crippen LogP contribution in [0.3, 0.4) is 0 Å². The van der Waals surface area contributed by atoms with E-state index in [9.17, 15) is 9.18 Å². The molecule has 0 atom stereocenters. The molecule has 0 radical (unpaired) electrons. The molecule has 0 aromatic heterocycles. The van der Waals surface area contributed by atoms with E-state index >= 15 is 0 Å². The number of halogens is 1. The summed E-state index contributed by atoms with van der Waals surface area (Å²) in [6, 6.07) is 18.9. The van der Waals surface area contributed by atoms with Gasteiger partial charge in [-0.15, -0.1) is 0 Å². The van der Waals surface area contributed by atoms with E-state index in [0.717, 1.165) is 16.9 Å². The first-order chi connectivity index (χ1) is 13.5. The Morgan fingerprint density at radius 1 is 1.00 bits per heavy atom. The molecule has 142 valence electrons. The highest BCUT2D eigenvalue weighted by molar-refractivity contribution is 6.06. The summed E-state index contributed by atoms with van der Waals surface area (Å²) in [5.74, 6) is 0.941. The van der Waals surface area contributed by atoms with Crippen LogP contribution in [-0.4, -0.2) is 12.9 Å². The van der Waals surface area contributed by atoms with Crippen molar-refractivity contribution in [3.05, 3.63) is 101 Å². The molecule has 3 rings (SSSR count). The maximum absolute atomic E-state index is 13.0. The van der Waals surface area contributed by atoms with Crippen LogP contribution in [0.15, 0.2) is 72.8 Å². The normalized spacial score (nSPS) is 10.8. The molecule has 28 heavy (non-hydrogen) atoms. The molecule has 0 unspecified atom stereocenters.